The molecule has 132 valence electrons. The Hall–Kier alpha value is -2.13. The van der Waals surface area contributed by atoms with Crippen molar-refractivity contribution in [2.24, 2.45) is 23.7 Å². The van der Waals surface area contributed by atoms with Gasteiger partial charge in [-0.1, -0.05) is 6.92 Å². The highest BCUT2D eigenvalue weighted by Gasteiger charge is 2.49. The van der Waals surface area contributed by atoms with Gasteiger partial charge < -0.3 is 14.4 Å². The molecule has 0 radical (unpaired) electrons. The van der Waals surface area contributed by atoms with Crippen LogP contribution >= 0.6 is 0 Å². The molecule has 25 heavy (non-hydrogen) atoms. The number of nitriles is 1. The summed E-state index contributed by atoms with van der Waals surface area (Å²) >= 11 is 0. The number of hydrogen-bond donors (Lipinski definition) is 0. The summed E-state index contributed by atoms with van der Waals surface area (Å²) in [5, 5.41) is 8.78. The quantitative estimate of drug-likeness (QED) is 0.817. The largest absolute Gasteiger partial charge is 0.478 e. The first-order chi connectivity index (χ1) is 12.2. The van der Waals surface area contributed by atoms with Crippen molar-refractivity contribution in [2.45, 2.75) is 25.9 Å². The molecular formula is C19H23N3O3. The first kappa shape index (κ1) is 16.3. The highest BCUT2D eigenvalue weighted by molar-refractivity contribution is 5.82. The van der Waals surface area contributed by atoms with E-state index >= 15 is 0 Å². The number of likely N-dealkylation sites (tertiary alicyclic amines) is 1. The van der Waals surface area contributed by atoms with Crippen molar-refractivity contribution >= 4 is 5.91 Å². The first-order valence-corrected chi connectivity index (χ1v) is 9.05. The highest BCUT2D eigenvalue weighted by Crippen LogP contribution is 2.42. The number of nitrogens with zero attached hydrogens (tertiary/aromatic N) is 3. The molecule has 0 aromatic carbocycles. The molecule has 5 atom stereocenters. The van der Waals surface area contributed by atoms with Crippen LogP contribution in [0.3, 0.4) is 0 Å². The summed E-state index contributed by atoms with van der Waals surface area (Å²) < 4.78 is 11.6. The number of carbonyl (C=O) groups excluding carboxylic acids is 1. The Balaban J connectivity index is 1.26. The topological polar surface area (TPSA) is 75.5 Å². The zero-order chi connectivity index (χ0) is 17.4. The fourth-order valence-electron chi connectivity index (χ4n) is 4.02. The molecule has 1 saturated carbocycles. The van der Waals surface area contributed by atoms with Gasteiger partial charge in [-0.05, 0) is 30.7 Å². The van der Waals surface area contributed by atoms with Gasteiger partial charge in [0.25, 0.3) is 0 Å². The predicted octanol–water partition coefficient (Wildman–Crippen LogP) is 1.85. The second-order valence-electron chi connectivity index (χ2n) is 7.49. The number of ether oxygens (including phenoxy) is 2. The number of pyridine rings is 1. The van der Waals surface area contributed by atoms with E-state index in [4.69, 9.17) is 14.7 Å². The van der Waals surface area contributed by atoms with E-state index in [1.54, 1.807) is 12.1 Å². The van der Waals surface area contributed by atoms with Crippen molar-refractivity contribution < 1.29 is 14.3 Å². The molecule has 3 fully saturated rings. The SMILES string of the molecule is C[C@@H]1C[C@H]1C(=O)N1C[C@H]2[C@@H](CCOc3ccc(C#N)cn3)CO[C@H]2C1. The van der Waals surface area contributed by atoms with Crippen LogP contribution in [0.5, 0.6) is 5.88 Å². The van der Waals surface area contributed by atoms with Crippen molar-refractivity contribution in [1.82, 2.24) is 9.88 Å². The molecule has 0 unspecified atom stereocenters. The molecule has 3 aliphatic rings. The number of rotatable bonds is 5. The fourth-order valence-corrected chi connectivity index (χ4v) is 4.02. The molecule has 3 heterocycles. The highest BCUT2D eigenvalue weighted by atomic mass is 16.5. The zero-order valence-corrected chi connectivity index (χ0v) is 14.4. The van der Waals surface area contributed by atoms with Gasteiger partial charge in [-0.25, -0.2) is 4.98 Å². The van der Waals surface area contributed by atoms with Gasteiger partial charge in [0, 0.05) is 37.2 Å². The second kappa shape index (κ2) is 6.64. The summed E-state index contributed by atoms with van der Waals surface area (Å²) in [4.78, 5) is 18.6. The minimum absolute atomic E-state index is 0.191. The molecule has 2 saturated heterocycles. The summed E-state index contributed by atoms with van der Waals surface area (Å²) in [7, 11) is 0. The number of hydrogen-bond acceptors (Lipinski definition) is 5. The summed E-state index contributed by atoms with van der Waals surface area (Å²) in [5.74, 6) is 2.53. The molecule has 1 aromatic heterocycles. The zero-order valence-electron chi connectivity index (χ0n) is 14.4. The minimum Gasteiger partial charge on any atom is -0.478 e. The van der Waals surface area contributed by atoms with Crippen molar-refractivity contribution in [1.29, 1.82) is 5.26 Å². The minimum atomic E-state index is 0.191. The number of aromatic nitrogens is 1. The van der Waals surface area contributed by atoms with Crippen LogP contribution in [0, 0.1) is 35.0 Å². The lowest BCUT2D eigenvalue weighted by atomic mass is 9.91. The lowest BCUT2D eigenvalue weighted by Gasteiger charge is -2.20. The third kappa shape index (κ3) is 3.34. The summed E-state index contributed by atoms with van der Waals surface area (Å²) in [6, 6.07) is 5.47. The normalized spacial score (nSPS) is 33.0. The van der Waals surface area contributed by atoms with Crippen LogP contribution in [-0.2, 0) is 9.53 Å². The van der Waals surface area contributed by atoms with E-state index in [0.29, 0.717) is 41.7 Å². The first-order valence-electron chi connectivity index (χ1n) is 9.05. The molecule has 2 aliphatic heterocycles. The molecule has 1 aliphatic carbocycles. The van der Waals surface area contributed by atoms with Gasteiger partial charge >= 0.3 is 0 Å². The molecule has 0 bridgehead atoms. The maximum atomic E-state index is 12.4. The molecule has 0 N–H and O–H groups in total. The Morgan fingerprint density at radius 2 is 2.32 bits per heavy atom. The third-order valence-corrected chi connectivity index (χ3v) is 5.78. The maximum absolute atomic E-state index is 12.4. The molecule has 0 spiro atoms. The van der Waals surface area contributed by atoms with Crippen LogP contribution in [0.2, 0.25) is 0 Å². The van der Waals surface area contributed by atoms with E-state index in [-0.39, 0.29) is 12.0 Å². The predicted molar refractivity (Wildman–Crippen MR) is 89.6 cm³/mol. The van der Waals surface area contributed by atoms with Crippen LogP contribution < -0.4 is 4.74 Å². The van der Waals surface area contributed by atoms with Gasteiger partial charge in [0.1, 0.15) is 6.07 Å². The fraction of sp³-hybridized carbons (Fsp3) is 0.632. The van der Waals surface area contributed by atoms with Gasteiger partial charge in [-0.15, -0.1) is 0 Å². The van der Waals surface area contributed by atoms with Gasteiger partial charge in [-0.3, -0.25) is 4.79 Å². The second-order valence-corrected chi connectivity index (χ2v) is 7.49. The van der Waals surface area contributed by atoms with E-state index in [1.165, 1.54) is 6.20 Å². The average molecular weight is 341 g/mol. The molecule has 1 aromatic rings. The van der Waals surface area contributed by atoms with Gasteiger partial charge in [0.05, 0.1) is 24.9 Å². The van der Waals surface area contributed by atoms with E-state index in [9.17, 15) is 4.79 Å². The Morgan fingerprint density at radius 3 is 3.00 bits per heavy atom. The standard InChI is InChI=1S/C19H23N3O3/c1-12-6-15(12)19(23)22-9-16-14(11-25-17(16)10-22)4-5-24-18-3-2-13(7-20)8-21-18/h2-3,8,12,14-17H,4-6,9-11H2,1H3/t12-,14+,15-,16+,17+/m1/s1. The lowest BCUT2D eigenvalue weighted by Crippen LogP contribution is -2.32. The van der Waals surface area contributed by atoms with Gasteiger partial charge in [0.15, 0.2) is 0 Å². The van der Waals surface area contributed by atoms with Crippen LogP contribution in [0.4, 0.5) is 0 Å². The molecule has 6 heteroatoms. The maximum Gasteiger partial charge on any atom is 0.226 e. The molecular weight excluding hydrogens is 318 g/mol. The molecule has 1 amide bonds. The van der Waals surface area contributed by atoms with Crippen molar-refractivity contribution in [3.05, 3.63) is 23.9 Å². The molecule has 6 nitrogen and oxygen atoms in total. The Labute approximate surface area is 147 Å². The summed E-state index contributed by atoms with van der Waals surface area (Å²) in [6.45, 7) is 5.05. The average Bonchev–Trinajstić information content (AvgIpc) is 3.04. The van der Waals surface area contributed by atoms with Crippen LogP contribution in [-0.4, -0.2) is 48.2 Å². The van der Waals surface area contributed by atoms with Crippen LogP contribution in [0.25, 0.3) is 0 Å². The third-order valence-electron chi connectivity index (χ3n) is 5.78. The van der Waals surface area contributed by atoms with E-state index in [1.807, 2.05) is 11.0 Å². The Morgan fingerprint density at radius 1 is 1.48 bits per heavy atom. The Kier molecular flexibility index (Phi) is 4.34. The number of amides is 1. The van der Waals surface area contributed by atoms with E-state index < -0.39 is 0 Å². The summed E-state index contributed by atoms with van der Waals surface area (Å²) in [6.07, 6.45) is 3.64. The monoisotopic (exact) mass is 341 g/mol. The van der Waals surface area contributed by atoms with E-state index in [0.717, 1.165) is 32.5 Å². The lowest BCUT2D eigenvalue weighted by molar-refractivity contribution is -0.132. The van der Waals surface area contributed by atoms with Crippen molar-refractivity contribution in [2.75, 3.05) is 26.3 Å². The smallest absolute Gasteiger partial charge is 0.226 e. The van der Waals surface area contributed by atoms with Gasteiger partial charge in [0.2, 0.25) is 11.8 Å². The Bertz CT molecular complexity index is 684. The van der Waals surface area contributed by atoms with E-state index in [2.05, 4.69) is 11.9 Å². The van der Waals surface area contributed by atoms with Crippen LogP contribution in [0.15, 0.2) is 18.3 Å². The van der Waals surface area contributed by atoms with Gasteiger partial charge in [-0.2, -0.15) is 5.26 Å². The van der Waals surface area contributed by atoms with Crippen molar-refractivity contribution in [3.8, 4) is 11.9 Å². The van der Waals surface area contributed by atoms with Crippen LogP contribution in [0.1, 0.15) is 25.3 Å². The number of carbonyl (C=O) groups is 1. The number of fused-ring (bicyclic) bond motifs is 1. The molecule has 4 rings (SSSR count). The van der Waals surface area contributed by atoms with Crippen molar-refractivity contribution in [3.63, 3.8) is 0 Å². The summed E-state index contributed by atoms with van der Waals surface area (Å²) in [5.41, 5.74) is 0.528.